The van der Waals surface area contributed by atoms with Crippen molar-refractivity contribution in [2.45, 2.75) is 38.9 Å². The Morgan fingerprint density at radius 3 is 2.65 bits per heavy atom. The van der Waals surface area contributed by atoms with E-state index in [1.807, 2.05) is 19.9 Å². The molecule has 2 bridgehead atoms. The number of nitrogens with zero attached hydrogens (tertiary/aromatic N) is 3. The molecule has 0 aromatic carbocycles. The molecule has 3 N–H and O–H groups in total. The Labute approximate surface area is 118 Å². The van der Waals surface area contributed by atoms with Gasteiger partial charge in [-0.3, -0.25) is 0 Å². The predicted molar refractivity (Wildman–Crippen MR) is 76.3 cm³/mol. The molecule has 20 heavy (non-hydrogen) atoms. The second-order valence-corrected chi connectivity index (χ2v) is 5.63. The zero-order chi connectivity index (χ0) is 14.3. The number of aromatic nitrogens is 1. The van der Waals surface area contributed by atoms with E-state index >= 15 is 0 Å². The number of aryl methyl sites for hydroxylation is 2. The standard InChI is InChI=1S/C14H20N4O2/c1-8-5-9(2)16-14(12(8)13(15)17-19)18-6-10-3-4-11(7-18)20-10/h5,10-11,19H,3-4,6-7H2,1-2H3,(H2,15,17). The van der Waals surface area contributed by atoms with Gasteiger partial charge in [-0.1, -0.05) is 5.16 Å². The minimum atomic E-state index is 0.115. The quantitative estimate of drug-likeness (QED) is 0.366. The number of morpholine rings is 1. The van der Waals surface area contributed by atoms with Crippen molar-refractivity contribution in [2.75, 3.05) is 18.0 Å². The molecule has 6 nitrogen and oxygen atoms in total. The molecule has 0 aliphatic carbocycles. The second-order valence-electron chi connectivity index (χ2n) is 5.63. The fourth-order valence-corrected chi connectivity index (χ4v) is 3.20. The summed E-state index contributed by atoms with van der Waals surface area (Å²) in [5.74, 6) is 0.918. The van der Waals surface area contributed by atoms with Crippen molar-refractivity contribution in [1.82, 2.24) is 4.98 Å². The van der Waals surface area contributed by atoms with Crippen LogP contribution in [0.15, 0.2) is 11.2 Å². The molecular formula is C14H20N4O2. The lowest BCUT2D eigenvalue weighted by Crippen LogP contribution is -2.44. The van der Waals surface area contributed by atoms with Crippen molar-refractivity contribution in [3.63, 3.8) is 0 Å². The third-order valence-corrected chi connectivity index (χ3v) is 4.03. The summed E-state index contributed by atoms with van der Waals surface area (Å²) in [6.45, 7) is 5.55. The molecule has 2 fully saturated rings. The summed E-state index contributed by atoms with van der Waals surface area (Å²) < 4.78 is 5.86. The highest BCUT2D eigenvalue weighted by molar-refractivity contribution is 6.02. The fourth-order valence-electron chi connectivity index (χ4n) is 3.20. The Morgan fingerprint density at radius 2 is 2.05 bits per heavy atom. The van der Waals surface area contributed by atoms with E-state index in [1.165, 1.54) is 0 Å². The van der Waals surface area contributed by atoms with Crippen molar-refractivity contribution in [2.24, 2.45) is 10.9 Å². The van der Waals surface area contributed by atoms with Gasteiger partial charge in [0.25, 0.3) is 0 Å². The first-order valence-corrected chi connectivity index (χ1v) is 6.95. The monoisotopic (exact) mass is 276 g/mol. The average Bonchev–Trinajstić information content (AvgIpc) is 2.75. The number of amidine groups is 1. The van der Waals surface area contributed by atoms with Gasteiger partial charge in [0.15, 0.2) is 5.84 Å². The molecule has 3 heterocycles. The van der Waals surface area contributed by atoms with Crippen LogP contribution in [0.25, 0.3) is 0 Å². The minimum Gasteiger partial charge on any atom is -0.409 e. The maximum atomic E-state index is 9.01. The predicted octanol–water partition coefficient (Wildman–Crippen LogP) is 1.16. The van der Waals surface area contributed by atoms with Gasteiger partial charge in [0.05, 0.1) is 17.8 Å². The molecule has 0 saturated carbocycles. The first kappa shape index (κ1) is 13.2. The molecule has 0 amide bonds. The number of hydrogen-bond donors (Lipinski definition) is 2. The van der Waals surface area contributed by atoms with Gasteiger partial charge in [0.2, 0.25) is 0 Å². The van der Waals surface area contributed by atoms with Gasteiger partial charge in [-0.05, 0) is 38.3 Å². The number of pyridine rings is 1. The third-order valence-electron chi connectivity index (χ3n) is 4.03. The Morgan fingerprint density at radius 1 is 1.40 bits per heavy atom. The molecule has 0 radical (unpaired) electrons. The summed E-state index contributed by atoms with van der Waals surface area (Å²) in [5.41, 5.74) is 8.47. The number of hydrogen-bond acceptors (Lipinski definition) is 5. The van der Waals surface area contributed by atoms with Crippen LogP contribution in [0.5, 0.6) is 0 Å². The van der Waals surface area contributed by atoms with Crippen LogP contribution in [0.1, 0.15) is 29.7 Å². The first-order valence-electron chi connectivity index (χ1n) is 6.95. The highest BCUT2D eigenvalue weighted by Gasteiger charge is 2.35. The van der Waals surface area contributed by atoms with Gasteiger partial charge >= 0.3 is 0 Å². The molecule has 1 aromatic rings. The molecule has 2 unspecified atom stereocenters. The van der Waals surface area contributed by atoms with E-state index in [0.717, 1.165) is 48.6 Å². The summed E-state index contributed by atoms with van der Waals surface area (Å²) >= 11 is 0. The van der Waals surface area contributed by atoms with Gasteiger partial charge in [0, 0.05) is 18.8 Å². The molecule has 2 aliphatic heterocycles. The smallest absolute Gasteiger partial charge is 0.174 e. The first-order chi connectivity index (χ1) is 9.58. The van der Waals surface area contributed by atoms with Crippen LogP contribution in [0.2, 0.25) is 0 Å². The van der Waals surface area contributed by atoms with Crippen LogP contribution in [0, 0.1) is 13.8 Å². The molecule has 108 valence electrons. The summed E-state index contributed by atoms with van der Waals surface area (Å²) in [6, 6.07) is 1.95. The van der Waals surface area contributed by atoms with Crippen LogP contribution in [-0.4, -0.2) is 41.3 Å². The van der Waals surface area contributed by atoms with E-state index < -0.39 is 0 Å². The maximum absolute atomic E-state index is 9.01. The lowest BCUT2D eigenvalue weighted by atomic mass is 10.1. The van der Waals surface area contributed by atoms with Crippen molar-refractivity contribution in [1.29, 1.82) is 0 Å². The van der Waals surface area contributed by atoms with E-state index in [0.29, 0.717) is 0 Å². The van der Waals surface area contributed by atoms with Crippen molar-refractivity contribution < 1.29 is 9.94 Å². The number of ether oxygens (including phenoxy) is 1. The van der Waals surface area contributed by atoms with Crippen molar-refractivity contribution >= 4 is 11.7 Å². The highest BCUT2D eigenvalue weighted by Crippen LogP contribution is 2.31. The molecule has 1 aromatic heterocycles. The third kappa shape index (κ3) is 2.20. The molecule has 6 heteroatoms. The fraction of sp³-hybridized carbons (Fsp3) is 0.571. The number of nitrogens with two attached hydrogens (primary N) is 1. The van der Waals surface area contributed by atoms with E-state index in [-0.39, 0.29) is 18.0 Å². The summed E-state index contributed by atoms with van der Waals surface area (Å²) in [4.78, 5) is 6.83. The normalized spacial score (nSPS) is 26.1. The van der Waals surface area contributed by atoms with Crippen LogP contribution < -0.4 is 10.6 Å². The summed E-state index contributed by atoms with van der Waals surface area (Å²) in [5, 5.41) is 12.2. The van der Waals surface area contributed by atoms with Crippen LogP contribution >= 0.6 is 0 Å². The number of oxime groups is 1. The molecule has 3 rings (SSSR count). The lowest BCUT2D eigenvalue weighted by Gasteiger charge is -2.34. The number of fused-ring (bicyclic) bond motifs is 2. The number of rotatable bonds is 2. The van der Waals surface area contributed by atoms with Gasteiger partial charge in [-0.25, -0.2) is 4.98 Å². The van der Waals surface area contributed by atoms with Crippen LogP contribution in [0.3, 0.4) is 0 Å². The topological polar surface area (TPSA) is 84.0 Å². The van der Waals surface area contributed by atoms with E-state index in [9.17, 15) is 0 Å². The Bertz CT molecular complexity index is 546. The summed E-state index contributed by atoms with van der Waals surface area (Å²) in [6.07, 6.45) is 2.75. The zero-order valence-electron chi connectivity index (χ0n) is 11.8. The summed E-state index contributed by atoms with van der Waals surface area (Å²) in [7, 11) is 0. The molecule has 2 atom stereocenters. The van der Waals surface area contributed by atoms with Crippen molar-refractivity contribution in [3.05, 3.63) is 22.9 Å². The largest absolute Gasteiger partial charge is 0.409 e. The van der Waals surface area contributed by atoms with Gasteiger partial charge in [-0.15, -0.1) is 0 Å². The highest BCUT2D eigenvalue weighted by atomic mass is 16.5. The van der Waals surface area contributed by atoms with Crippen LogP contribution in [-0.2, 0) is 4.74 Å². The van der Waals surface area contributed by atoms with Crippen molar-refractivity contribution in [3.8, 4) is 0 Å². The van der Waals surface area contributed by atoms with E-state index in [2.05, 4.69) is 15.0 Å². The maximum Gasteiger partial charge on any atom is 0.174 e. The zero-order valence-corrected chi connectivity index (χ0v) is 11.8. The average molecular weight is 276 g/mol. The van der Waals surface area contributed by atoms with Gasteiger partial charge in [0.1, 0.15) is 5.82 Å². The second kappa shape index (κ2) is 4.94. The van der Waals surface area contributed by atoms with E-state index in [4.69, 9.17) is 15.7 Å². The number of anilines is 1. The lowest BCUT2D eigenvalue weighted by molar-refractivity contribution is 0.0302. The van der Waals surface area contributed by atoms with E-state index in [1.54, 1.807) is 0 Å². The Balaban J connectivity index is 2.03. The SMILES string of the molecule is Cc1cc(C)c(C(N)=NO)c(N2CC3CCC(C2)O3)n1. The minimum absolute atomic E-state index is 0.115. The Kier molecular flexibility index (Phi) is 3.25. The Hall–Kier alpha value is -1.82. The van der Waals surface area contributed by atoms with Gasteiger partial charge < -0.3 is 20.6 Å². The molecule has 2 aliphatic rings. The molecule has 2 saturated heterocycles. The van der Waals surface area contributed by atoms with Gasteiger partial charge in [-0.2, -0.15) is 0 Å². The van der Waals surface area contributed by atoms with Crippen LogP contribution in [0.4, 0.5) is 5.82 Å². The molecular weight excluding hydrogens is 256 g/mol. The molecule has 0 spiro atoms.